The number of hydrogen-bond acceptors (Lipinski definition) is 8. The average molecular weight is 739 g/mol. The zero-order valence-corrected chi connectivity index (χ0v) is 29.6. The standard InChI is InChI=1S/C40H33Cl2N3O7/c1-51-25-12-9-22(10-13-25)40-29(37(48)45(39(40)50)43-31-16-11-23(41)19-30(31)42)20-28-26(35(40)21-8-17-33(52-2)32(46)18-21)14-15-27-34(28)38(49)44(36(27)47)24-6-4-3-5-7-24/h3-14,16-19,27-29,34-35,43,46H,15,20H2,1-2H3/t27-,28+,29-,34-,35-,40+/m0/s1. The third-order valence-electron chi connectivity index (χ3n) is 11.1. The fraction of sp³-hybridized carbons (Fsp3) is 0.250. The van der Waals surface area contributed by atoms with Crippen LogP contribution < -0.4 is 19.8 Å². The Morgan fingerprint density at radius 3 is 2.25 bits per heavy atom. The molecule has 2 saturated heterocycles. The van der Waals surface area contributed by atoms with Gasteiger partial charge in [-0.25, -0.2) is 0 Å². The number of hydrazine groups is 1. The quantitative estimate of drug-likeness (QED) is 0.155. The van der Waals surface area contributed by atoms with Gasteiger partial charge in [-0.2, -0.15) is 5.01 Å². The number of rotatable bonds is 7. The predicted molar refractivity (Wildman–Crippen MR) is 194 cm³/mol. The number of aromatic hydroxyl groups is 1. The number of para-hydroxylation sites is 1. The lowest BCUT2D eigenvalue weighted by molar-refractivity contribution is -0.138. The van der Waals surface area contributed by atoms with Crippen LogP contribution in [0.1, 0.15) is 29.9 Å². The summed E-state index contributed by atoms with van der Waals surface area (Å²) >= 11 is 12.7. The van der Waals surface area contributed by atoms with Crippen LogP contribution in [0.2, 0.25) is 10.0 Å². The number of nitrogens with zero attached hydrogens (tertiary/aromatic N) is 2. The van der Waals surface area contributed by atoms with Gasteiger partial charge in [-0.1, -0.05) is 71.2 Å². The lowest BCUT2D eigenvalue weighted by Crippen LogP contribution is -2.53. The van der Waals surface area contributed by atoms with Gasteiger partial charge < -0.3 is 14.6 Å². The number of allylic oxidation sites excluding steroid dienone is 2. The van der Waals surface area contributed by atoms with Crippen LogP contribution >= 0.6 is 23.2 Å². The highest BCUT2D eigenvalue weighted by atomic mass is 35.5. The summed E-state index contributed by atoms with van der Waals surface area (Å²) < 4.78 is 10.8. The number of carbonyl (C=O) groups is 4. The van der Waals surface area contributed by atoms with Crippen molar-refractivity contribution in [3.8, 4) is 17.2 Å². The number of hydrogen-bond donors (Lipinski definition) is 2. The molecule has 12 heteroatoms. The SMILES string of the molecule is COc1ccc([C@@]23C(=O)N(Nc4ccc(Cl)cc4Cl)C(=O)[C@@H]2C[C@@H]2C(=CC[C@@H]4C(=O)N(c5ccccc5)C(=O)[C@@H]42)[C@@H]3c2ccc(OC)c(O)c2)cc1. The molecule has 0 bridgehead atoms. The Hall–Kier alpha value is -5.32. The number of benzene rings is 4. The van der Waals surface area contributed by atoms with Crippen molar-refractivity contribution < 1.29 is 33.8 Å². The molecule has 8 rings (SSSR count). The fourth-order valence-corrected chi connectivity index (χ4v) is 9.39. The van der Waals surface area contributed by atoms with Gasteiger partial charge >= 0.3 is 0 Å². The second-order valence-electron chi connectivity index (χ2n) is 13.5. The molecule has 4 aromatic rings. The molecule has 0 radical (unpaired) electrons. The summed E-state index contributed by atoms with van der Waals surface area (Å²) in [5.74, 6) is -4.91. The van der Waals surface area contributed by atoms with Crippen LogP contribution in [0.4, 0.5) is 11.4 Å². The van der Waals surface area contributed by atoms with Crippen LogP contribution in [0, 0.1) is 23.7 Å². The number of ether oxygens (including phenoxy) is 2. The maximum atomic E-state index is 15.4. The summed E-state index contributed by atoms with van der Waals surface area (Å²) in [5, 5.41) is 12.7. The Kier molecular flexibility index (Phi) is 8.27. The molecule has 4 aromatic carbocycles. The van der Waals surface area contributed by atoms with Crippen molar-refractivity contribution in [1.29, 1.82) is 0 Å². The number of phenolic OH excluding ortho intramolecular Hbond substituents is 1. The van der Waals surface area contributed by atoms with E-state index >= 15 is 4.79 Å². The number of phenols is 1. The van der Waals surface area contributed by atoms with Gasteiger partial charge in [0.05, 0.1) is 53.8 Å². The van der Waals surface area contributed by atoms with Crippen molar-refractivity contribution in [2.45, 2.75) is 24.2 Å². The summed E-state index contributed by atoms with van der Waals surface area (Å²) in [6.45, 7) is 0. The second-order valence-corrected chi connectivity index (χ2v) is 14.3. The first-order valence-electron chi connectivity index (χ1n) is 16.8. The minimum atomic E-state index is -1.56. The largest absolute Gasteiger partial charge is 0.504 e. The van der Waals surface area contributed by atoms with E-state index < -0.39 is 46.8 Å². The highest BCUT2D eigenvalue weighted by Gasteiger charge is 2.70. The van der Waals surface area contributed by atoms with Gasteiger partial charge in [0.2, 0.25) is 11.8 Å². The number of carbonyl (C=O) groups excluding carboxylic acids is 4. The van der Waals surface area contributed by atoms with Crippen LogP contribution in [0.5, 0.6) is 17.2 Å². The molecule has 2 aliphatic carbocycles. The minimum Gasteiger partial charge on any atom is -0.504 e. The number of anilines is 2. The Bertz CT molecular complexity index is 2180. The molecule has 2 N–H and O–H groups in total. The number of halogens is 2. The highest BCUT2D eigenvalue weighted by Crippen LogP contribution is 2.64. The number of amides is 4. The number of nitrogens with one attached hydrogen (secondary N) is 1. The third-order valence-corrected chi connectivity index (χ3v) is 11.7. The first-order valence-corrected chi connectivity index (χ1v) is 17.6. The monoisotopic (exact) mass is 737 g/mol. The summed E-state index contributed by atoms with van der Waals surface area (Å²) in [7, 11) is 2.98. The van der Waals surface area contributed by atoms with E-state index in [-0.39, 0.29) is 41.2 Å². The molecule has 6 atom stereocenters. The topological polar surface area (TPSA) is 125 Å². The van der Waals surface area contributed by atoms with Crippen LogP contribution in [0.15, 0.2) is 103 Å². The molecule has 2 heterocycles. The molecule has 0 unspecified atom stereocenters. The molecule has 3 fully saturated rings. The van der Waals surface area contributed by atoms with E-state index in [2.05, 4.69) is 5.43 Å². The molecular weight excluding hydrogens is 705 g/mol. The van der Waals surface area contributed by atoms with Crippen LogP contribution in [0.25, 0.3) is 0 Å². The Labute approximate surface area is 309 Å². The predicted octanol–water partition coefficient (Wildman–Crippen LogP) is 6.91. The Morgan fingerprint density at radius 2 is 1.58 bits per heavy atom. The molecule has 264 valence electrons. The van der Waals surface area contributed by atoms with E-state index in [0.717, 1.165) is 10.6 Å². The minimum absolute atomic E-state index is 0.108. The van der Waals surface area contributed by atoms with Gasteiger partial charge in [0.15, 0.2) is 11.5 Å². The number of methoxy groups -OCH3 is 2. The maximum absolute atomic E-state index is 15.4. The Balaban J connectivity index is 1.34. The Morgan fingerprint density at radius 1 is 0.827 bits per heavy atom. The smallest absolute Gasteiger partial charge is 0.260 e. The maximum Gasteiger partial charge on any atom is 0.260 e. The van der Waals surface area contributed by atoms with Gasteiger partial charge in [-0.15, -0.1) is 0 Å². The van der Waals surface area contributed by atoms with E-state index in [1.807, 2.05) is 12.1 Å². The number of fused-ring (bicyclic) bond motifs is 4. The molecule has 0 aromatic heterocycles. The second kappa shape index (κ2) is 12.7. The van der Waals surface area contributed by atoms with Crippen molar-refractivity contribution in [2.24, 2.45) is 23.7 Å². The van der Waals surface area contributed by atoms with Crippen LogP contribution in [0.3, 0.4) is 0 Å². The van der Waals surface area contributed by atoms with Crippen molar-refractivity contribution in [2.75, 3.05) is 24.5 Å². The third kappa shape index (κ3) is 4.92. The van der Waals surface area contributed by atoms with Crippen LogP contribution in [-0.2, 0) is 24.6 Å². The summed E-state index contributed by atoms with van der Waals surface area (Å²) in [5.41, 5.74) is 4.04. The molecule has 4 aliphatic rings. The lowest BCUT2D eigenvalue weighted by Gasteiger charge is -2.50. The van der Waals surface area contributed by atoms with Gasteiger partial charge in [0.25, 0.3) is 11.8 Å². The van der Waals surface area contributed by atoms with Gasteiger partial charge in [-0.05, 0) is 84.5 Å². The van der Waals surface area contributed by atoms with Crippen LogP contribution in [-0.4, -0.2) is 48.0 Å². The molecular formula is C40H33Cl2N3O7. The van der Waals surface area contributed by atoms with E-state index in [1.165, 1.54) is 25.2 Å². The highest BCUT2D eigenvalue weighted by molar-refractivity contribution is 6.36. The van der Waals surface area contributed by atoms with E-state index in [1.54, 1.807) is 78.9 Å². The molecule has 0 spiro atoms. The van der Waals surface area contributed by atoms with Gasteiger partial charge in [-0.3, -0.25) is 29.5 Å². The zero-order chi connectivity index (χ0) is 36.5. The first-order chi connectivity index (χ1) is 25.1. The molecule has 52 heavy (non-hydrogen) atoms. The van der Waals surface area contributed by atoms with Crippen molar-refractivity contribution >= 4 is 58.2 Å². The summed E-state index contributed by atoms with van der Waals surface area (Å²) in [6, 6.07) is 25.5. The van der Waals surface area contributed by atoms with Gasteiger partial charge in [0.1, 0.15) is 5.75 Å². The molecule has 2 aliphatic heterocycles. The first kappa shape index (κ1) is 33.8. The molecule has 10 nitrogen and oxygen atoms in total. The van der Waals surface area contributed by atoms with Crippen molar-refractivity contribution in [1.82, 2.24) is 5.01 Å². The lowest BCUT2D eigenvalue weighted by atomic mass is 9.49. The average Bonchev–Trinajstić information content (AvgIpc) is 3.53. The molecule has 4 amide bonds. The summed E-state index contributed by atoms with van der Waals surface area (Å²) in [6.07, 6.45) is 2.33. The summed E-state index contributed by atoms with van der Waals surface area (Å²) in [4.78, 5) is 59.9. The number of imide groups is 2. The molecule has 1 saturated carbocycles. The van der Waals surface area contributed by atoms with Crippen molar-refractivity contribution in [3.05, 3.63) is 124 Å². The zero-order valence-electron chi connectivity index (χ0n) is 28.1. The van der Waals surface area contributed by atoms with E-state index in [9.17, 15) is 19.5 Å². The van der Waals surface area contributed by atoms with E-state index in [0.29, 0.717) is 33.3 Å². The fourth-order valence-electron chi connectivity index (χ4n) is 8.94. The van der Waals surface area contributed by atoms with E-state index in [4.69, 9.17) is 32.7 Å². The van der Waals surface area contributed by atoms with Crippen molar-refractivity contribution in [3.63, 3.8) is 0 Å². The normalized spacial score (nSPS) is 26.5. The van der Waals surface area contributed by atoms with Gasteiger partial charge in [0, 0.05) is 10.9 Å².